The molecule has 1 aromatic rings. The molecule has 2 fully saturated rings. The molecule has 1 N–H and O–H groups in total. The number of hydrogen-bond donors (Lipinski definition) is 1. The number of amides is 2. The van der Waals surface area contributed by atoms with Crippen LogP contribution in [0.15, 0.2) is 21.1 Å². The van der Waals surface area contributed by atoms with Crippen molar-refractivity contribution < 1.29 is 14.3 Å². The third-order valence-electron chi connectivity index (χ3n) is 4.71. The molecule has 1 atom stereocenters. The van der Waals surface area contributed by atoms with Crippen molar-refractivity contribution in [2.75, 3.05) is 44.6 Å². The Balaban J connectivity index is 1.48. The molecule has 0 spiro atoms. The summed E-state index contributed by atoms with van der Waals surface area (Å²) in [5.41, 5.74) is 1.85. The Labute approximate surface area is 170 Å². The van der Waals surface area contributed by atoms with Gasteiger partial charge in [-0.1, -0.05) is 0 Å². The Bertz CT molecular complexity index is 661. The highest BCUT2D eigenvalue weighted by Crippen LogP contribution is 2.32. The summed E-state index contributed by atoms with van der Waals surface area (Å²) in [6.07, 6.45) is 1.52. The molecule has 0 aliphatic carbocycles. The standard InChI is InChI=1S/C18H23Br2N3O3/c1-12-9-13(19)17(14(20)10-12)21-16(24)11-22-4-6-23(7-5-22)18(25)15-3-2-8-26-15/h9-10,15H,2-8,11H2,1H3,(H,21,24). The number of anilines is 1. The average Bonchev–Trinajstić information content (AvgIpc) is 3.13. The number of ether oxygens (including phenoxy) is 1. The Hall–Kier alpha value is -0.960. The van der Waals surface area contributed by atoms with Crippen LogP contribution in [0.5, 0.6) is 0 Å². The predicted molar refractivity (Wildman–Crippen MR) is 107 cm³/mol. The molecule has 8 heteroatoms. The molecule has 2 amide bonds. The highest BCUT2D eigenvalue weighted by atomic mass is 79.9. The minimum Gasteiger partial charge on any atom is -0.368 e. The number of nitrogens with zero attached hydrogens (tertiary/aromatic N) is 2. The van der Waals surface area contributed by atoms with Crippen molar-refractivity contribution in [2.45, 2.75) is 25.9 Å². The fourth-order valence-electron chi connectivity index (χ4n) is 3.30. The van der Waals surface area contributed by atoms with E-state index in [2.05, 4.69) is 42.1 Å². The van der Waals surface area contributed by atoms with Gasteiger partial charge in [0.25, 0.3) is 5.91 Å². The lowest BCUT2D eigenvalue weighted by Crippen LogP contribution is -2.52. The highest BCUT2D eigenvalue weighted by molar-refractivity contribution is 9.11. The number of benzene rings is 1. The summed E-state index contributed by atoms with van der Waals surface area (Å²) in [6.45, 7) is 5.67. The van der Waals surface area contributed by atoms with E-state index in [0.29, 0.717) is 39.3 Å². The molecule has 2 saturated heterocycles. The number of carbonyl (C=O) groups is 2. The van der Waals surface area contributed by atoms with Gasteiger partial charge in [-0.3, -0.25) is 14.5 Å². The zero-order valence-corrected chi connectivity index (χ0v) is 17.9. The van der Waals surface area contributed by atoms with Crippen LogP contribution in [-0.2, 0) is 14.3 Å². The summed E-state index contributed by atoms with van der Waals surface area (Å²) in [5, 5.41) is 2.96. The van der Waals surface area contributed by atoms with Gasteiger partial charge in [0.15, 0.2) is 0 Å². The molecule has 0 radical (unpaired) electrons. The zero-order valence-electron chi connectivity index (χ0n) is 14.8. The smallest absolute Gasteiger partial charge is 0.251 e. The van der Waals surface area contributed by atoms with Crippen LogP contribution in [0.3, 0.4) is 0 Å². The SMILES string of the molecule is Cc1cc(Br)c(NC(=O)CN2CCN(C(=O)C3CCCO3)CC2)c(Br)c1. The second-order valence-electron chi connectivity index (χ2n) is 6.75. The minimum absolute atomic E-state index is 0.0610. The Morgan fingerprint density at radius 1 is 1.19 bits per heavy atom. The van der Waals surface area contributed by atoms with Gasteiger partial charge in [-0.15, -0.1) is 0 Å². The van der Waals surface area contributed by atoms with E-state index in [-0.39, 0.29) is 17.9 Å². The molecule has 2 aliphatic heterocycles. The van der Waals surface area contributed by atoms with Crippen molar-refractivity contribution in [2.24, 2.45) is 0 Å². The predicted octanol–water partition coefficient (Wildman–Crippen LogP) is 2.78. The van der Waals surface area contributed by atoms with E-state index in [1.807, 2.05) is 24.0 Å². The summed E-state index contributed by atoms with van der Waals surface area (Å²) in [6, 6.07) is 3.94. The summed E-state index contributed by atoms with van der Waals surface area (Å²) < 4.78 is 7.18. The number of piperazine rings is 1. The second kappa shape index (κ2) is 8.82. The van der Waals surface area contributed by atoms with E-state index in [1.165, 1.54) is 0 Å². The lowest BCUT2D eigenvalue weighted by Gasteiger charge is -2.35. The van der Waals surface area contributed by atoms with Crippen molar-refractivity contribution in [3.05, 3.63) is 26.6 Å². The summed E-state index contributed by atoms with van der Waals surface area (Å²) >= 11 is 6.99. The number of rotatable bonds is 4. The van der Waals surface area contributed by atoms with Gasteiger partial charge in [0, 0.05) is 41.7 Å². The van der Waals surface area contributed by atoms with Gasteiger partial charge in [-0.25, -0.2) is 0 Å². The van der Waals surface area contributed by atoms with Crippen LogP contribution < -0.4 is 5.32 Å². The van der Waals surface area contributed by atoms with Crippen molar-refractivity contribution >= 4 is 49.4 Å². The van der Waals surface area contributed by atoms with Crippen molar-refractivity contribution in [3.8, 4) is 0 Å². The van der Waals surface area contributed by atoms with E-state index in [9.17, 15) is 9.59 Å². The van der Waals surface area contributed by atoms with Crippen LogP contribution >= 0.6 is 31.9 Å². The summed E-state index contributed by atoms with van der Waals surface area (Å²) in [4.78, 5) is 28.7. The number of hydrogen-bond acceptors (Lipinski definition) is 4. The number of aryl methyl sites for hydroxylation is 1. The topological polar surface area (TPSA) is 61.9 Å². The van der Waals surface area contributed by atoms with Crippen molar-refractivity contribution in [3.63, 3.8) is 0 Å². The van der Waals surface area contributed by atoms with Crippen LogP contribution in [0.4, 0.5) is 5.69 Å². The second-order valence-corrected chi connectivity index (χ2v) is 8.46. The van der Waals surface area contributed by atoms with Gasteiger partial charge >= 0.3 is 0 Å². The maximum atomic E-state index is 12.4. The lowest BCUT2D eigenvalue weighted by molar-refractivity contribution is -0.142. The largest absolute Gasteiger partial charge is 0.368 e. The third-order valence-corrected chi connectivity index (χ3v) is 5.96. The molecule has 142 valence electrons. The van der Waals surface area contributed by atoms with E-state index in [0.717, 1.165) is 33.0 Å². The van der Waals surface area contributed by atoms with E-state index >= 15 is 0 Å². The molecule has 2 aliphatic rings. The molecule has 1 aromatic carbocycles. The molecule has 0 bridgehead atoms. The summed E-state index contributed by atoms with van der Waals surface area (Å²) in [7, 11) is 0. The van der Waals surface area contributed by atoms with E-state index < -0.39 is 0 Å². The molecule has 26 heavy (non-hydrogen) atoms. The Morgan fingerprint density at radius 3 is 2.42 bits per heavy atom. The fraction of sp³-hybridized carbons (Fsp3) is 0.556. The average molecular weight is 489 g/mol. The van der Waals surface area contributed by atoms with Crippen molar-refractivity contribution in [1.29, 1.82) is 0 Å². The van der Waals surface area contributed by atoms with Gasteiger partial charge in [0.2, 0.25) is 5.91 Å². The molecule has 6 nitrogen and oxygen atoms in total. The number of carbonyl (C=O) groups excluding carboxylic acids is 2. The zero-order chi connectivity index (χ0) is 18.7. The quantitative estimate of drug-likeness (QED) is 0.707. The van der Waals surface area contributed by atoms with Gasteiger partial charge < -0.3 is 15.0 Å². The van der Waals surface area contributed by atoms with Gasteiger partial charge in [0.05, 0.1) is 12.2 Å². The molecular weight excluding hydrogens is 466 g/mol. The summed E-state index contributed by atoms with van der Waals surface area (Å²) in [5.74, 6) is 0.0354. The maximum absolute atomic E-state index is 12.4. The first kappa shape index (κ1) is 19.8. The molecule has 2 heterocycles. The number of nitrogens with one attached hydrogen (secondary N) is 1. The lowest BCUT2D eigenvalue weighted by atomic mass is 10.2. The van der Waals surface area contributed by atoms with Crippen LogP contribution in [-0.4, -0.2) is 67.0 Å². The van der Waals surface area contributed by atoms with Gasteiger partial charge in [0.1, 0.15) is 6.10 Å². The maximum Gasteiger partial charge on any atom is 0.251 e. The minimum atomic E-state index is -0.263. The Kier molecular flexibility index (Phi) is 6.71. The molecular formula is C18H23Br2N3O3. The van der Waals surface area contributed by atoms with Gasteiger partial charge in [-0.2, -0.15) is 0 Å². The first-order valence-electron chi connectivity index (χ1n) is 8.82. The fourth-order valence-corrected chi connectivity index (χ4v) is 4.92. The van der Waals surface area contributed by atoms with Crippen LogP contribution in [0, 0.1) is 6.92 Å². The molecule has 0 saturated carbocycles. The van der Waals surface area contributed by atoms with Crippen molar-refractivity contribution in [1.82, 2.24) is 9.80 Å². The third kappa shape index (κ3) is 4.85. The normalized spacial score (nSPS) is 21.0. The van der Waals surface area contributed by atoms with E-state index in [1.54, 1.807) is 0 Å². The molecule has 3 rings (SSSR count). The van der Waals surface area contributed by atoms with E-state index in [4.69, 9.17) is 4.74 Å². The van der Waals surface area contributed by atoms with Crippen LogP contribution in [0.2, 0.25) is 0 Å². The first-order valence-corrected chi connectivity index (χ1v) is 10.4. The first-order chi connectivity index (χ1) is 12.4. The Morgan fingerprint density at radius 2 is 1.85 bits per heavy atom. The van der Waals surface area contributed by atoms with Crippen LogP contribution in [0.1, 0.15) is 18.4 Å². The highest BCUT2D eigenvalue weighted by Gasteiger charge is 2.30. The molecule has 1 unspecified atom stereocenters. The van der Waals surface area contributed by atoms with Crippen LogP contribution in [0.25, 0.3) is 0 Å². The van der Waals surface area contributed by atoms with Gasteiger partial charge in [-0.05, 0) is 69.3 Å². The molecule has 0 aromatic heterocycles. The number of halogens is 2. The monoisotopic (exact) mass is 487 g/mol.